The highest BCUT2D eigenvalue weighted by atomic mass is 28.4. The molecule has 5 heteroatoms. The average Bonchev–Trinajstić information content (AvgIpc) is 2.62. The van der Waals surface area contributed by atoms with Crippen molar-refractivity contribution >= 4 is 14.3 Å². The maximum Gasteiger partial charge on any atom is 0.306 e. The van der Waals surface area contributed by atoms with Crippen molar-refractivity contribution in [1.82, 2.24) is 0 Å². The van der Waals surface area contributed by atoms with Crippen molar-refractivity contribution in [1.29, 1.82) is 0 Å². The Hall–Kier alpha value is -1.17. The monoisotopic (exact) mass is 424 g/mol. The van der Waals surface area contributed by atoms with Crippen LogP contribution in [0.2, 0.25) is 18.1 Å². The Bertz CT molecular complexity index is 546. The summed E-state index contributed by atoms with van der Waals surface area (Å²) in [5.41, 5.74) is 1.01. The highest BCUT2D eigenvalue weighted by Gasteiger charge is 2.41. The summed E-state index contributed by atoms with van der Waals surface area (Å²) in [6.07, 6.45) is 8.66. The second kappa shape index (κ2) is 13.2. The van der Waals surface area contributed by atoms with Crippen molar-refractivity contribution in [2.75, 3.05) is 13.7 Å². The first kappa shape index (κ1) is 27.8. The van der Waals surface area contributed by atoms with Crippen LogP contribution in [0.4, 0.5) is 0 Å². The molecule has 0 spiro atoms. The lowest BCUT2D eigenvalue weighted by molar-refractivity contribution is -0.142. The van der Waals surface area contributed by atoms with Gasteiger partial charge in [0.1, 0.15) is 12.7 Å². The van der Waals surface area contributed by atoms with E-state index in [1.165, 1.54) is 0 Å². The van der Waals surface area contributed by atoms with Gasteiger partial charge in [0.25, 0.3) is 0 Å². The van der Waals surface area contributed by atoms with Gasteiger partial charge in [-0.15, -0.1) is 13.2 Å². The molecule has 0 heterocycles. The Morgan fingerprint density at radius 3 is 2.28 bits per heavy atom. The van der Waals surface area contributed by atoms with Crippen LogP contribution in [-0.4, -0.2) is 40.2 Å². The highest BCUT2D eigenvalue weighted by molar-refractivity contribution is 6.74. The summed E-state index contributed by atoms with van der Waals surface area (Å²) in [6, 6.07) is 0. The third-order valence-corrected chi connectivity index (χ3v) is 10.1. The third-order valence-electron chi connectivity index (χ3n) is 5.63. The molecule has 0 radical (unpaired) electrons. The normalized spacial score (nSPS) is 16.1. The zero-order valence-corrected chi connectivity index (χ0v) is 21.0. The molecule has 0 aliphatic carbocycles. The SMILES string of the molecule is C=CCCCCC(=O)OC/C(C)=C\C(C)[C@H](O[Si](C)(C)C(C)(C)C)[C@H](C=C)OC. The number of esters is 1. The molecule has 1 unspecified atom stereocenters. The quantitative estimate of drug-likeness (QED) is 0.139. The Balaban J connectivity index is 5.05. The molecule has 0 fully saturated rings. The molecule has 0 N–H and O–H groups in total. The maximum absolute atomic E-state index is 11.9. The van der Waals surface area contributed by atoms with Gasteiger partial charge in [-0.1, -0.05) is 45.9 Å². The molecule has 0 rings (SSSR count). The topological polar surface area (TPSA) is 44.8 Å². The van der Waals surface area contributed by atoms with Gasteiger partial charge in [-0.05, 0) is 49.9 Å². The van der Waals surface area contributed by atoms with Gasteiger partial charge in [0, 0.05) is 19.4 Å². The first-order chi connectivity index (χ1) is 13.4. The molecule has 0 aliphatic rings. The van der Waals surface area contributed by atoms with Gasteiger partial charge < -0.3 is 13.9 Å². The van der Waals surface area contributed by atoms with E-state index in [9.17, 15) is 4.79 Å². The summed E-state index contributed by atoms with van der Waals surface area (Å²) in [5.74, 6) is -0.0530. The summed E-state index contributed by atoms with van der Waals surface area (Å²) in [5, 5.41) is 0.102. The van der Waals surface area contributed by atoms with Gasteiger partial charge in [0.2, 0.25) is 0 Å². The van der Waals surface area contributed by atoms with Crippen LogP contribution in [0, 0.1) is 5.92 Å². The molecule has 0 aromatic heterocycles. The predicted octanol–water partition coefficient (Wildman–Crippen LogP) is 6.45. The third kappa shape index (κ3) is 10.4. The molecular formula is C24H44O4Si. The van der Waals surface area contributed by atoms with E-state index in [1.54, 1.807) is 13.2 Å². The zero-order chi connectivity index (χ0) is 22.7. The van der Waals surface area contributed by atoms with Gasteiger partial charge >= 0.3 is 5.97 Å². The van der Waals surface area contributed by atoms with Crippen LogP contribution in [-0.2, 0) is 18.7 Å². The van der Waals surface area contributed by atoms with E-state index in [-0.39, 0.29) is 29.1 Å². The molecule has 4 nitrogen and oxygen atoms in total. The second-order valence-corrected chi connectivity index (χ2v) is 14.1. The molecule has 3 atom stereocenters. The molecular weight excluding hydrogens is 380 g/mol. The van der Waals surface area contributed by atoms with E-state index in [0.29, 0.717) is 13.0 Å². The number of hydrogen-bond acceptors (Lipinski definition) is 4. The first-order valence-corrected chi connectivity index (χ1v) is 13.6. The smallest absolute Gasteiger partial charge is 0.306 e. The Morgan fingerprint density at radius 2 is 1.79 bits per heavy atom. The van der Waals surface area contributed by atoms with E-state index in [1.807, 2.05) is 13.0 Å². The number of allylic oxidation sites excluding steroid dienone is 1. The van der Waals surface area contributed by atoms with Crippen LogP contribution in [0.25, 0.3) is 0 Å². The van der Waals surface area contributed by atoms with Gasteiger partial charge in [-0.3, -0.25) is 4.79 Å². The molecule has 0 aliphatic heterocycles. The first-order valence-electron chi connectivity index (χ1n) is 10.7. The molecule has 0 amide bonds. The van der Waals surface area contributed by atoms with E-state index < -0.39 is 8.32 Å². The number of rotatable bonds is 14. The van der Waals surface area contributed by atoms with Crippen molar-refractivity contribution in [2.24, 2.45) is 5.92 Å². The second-order valence-electron chi connectivity index (χ2n) is 9.35. The minimum Gasteiger partial charge on any atom is -0.461 e. The molecule has 0 aromatic rings. The Kier molecular flexibility index (Phi) is 12.7. The summed E-state index contributed by atoms with van der Waals surface area (Å²) >= 11 is 0. The fraction of sp³-hybridized carbons (Fsp3) is 0.708. The van der Waals surface area contributed by atoms with Crippen molar-refractivity contribution in [3.8, 4) is 0 Å². The van der Waals surface area contributed by atoms with E-state index >= 15 is 0 Å². The lowest BCUT2D eigenvalue weighted by Gasteiger charge is -2.42. The molecule has 0 saturated carbocycles. The number of carbonyl (C=O) groups is 1. The standard InChI is InChI=1S/C24H44O4Si/c1-11-13-14-15-16-22(25)27-18-19(3)17-20(4)23(21(12-2)26-8)28-29(9,10)24(5,6)7/h11-12,17,20-21,23H,1-2,13-16,18H2,3-10H3/b19-17-/t20?,21-,23-/m0/s1. The minimum atomic E-state index is -1.98. The molecule has 0 saturated heterocycles. The van der Waals surface area contributed by atoms with Crippen LogP contribution < -0.4 is 0 Å². The van der Waals surface area contributed by atoms with Gasteiger partial charge in [-0.25, -0.2) is 0 Å². The summed E-state index contributed by atoms with van der Waals surface area (Å²) in [6.45, 7) is 23.2. The average molecular weight is 425 g/mol. The highest BCUT2D eigenvalue weighted by Crippen LogP contribution is 2.39. The van der Waals surface area contributed by atoms with Crippen molar-refractivity contribution in [3.05, 3.63) is 37.0 Å². The number of unbranched alkanes of at least 4 members (excludes halogenated alkanes) is 2. The maximum atomic E-state index is 11.9. The zero-order valence-electron chi connectivity index (χ0n) is 20.0. The summed E-state index contributed by atoms with van der Waals surface area (Å²) < 4.78 is 17.8. The fourth-order valence-corrected chi connectivity index (χ4v) is 4.15. The van der Waals surface area contributed by atoms with Crippen molar-refractivity contribution in [3.63, 3.8) is 0 Å². The van der Waals surface area contributed by atoms with Crippen LogP contribution in [0.5, 0.6) is 0 Å². The van der Waals surface area contributed by atoms with E-state index in [2.05, 4.69) is 60.0 Å². The summed E-state index contributed by atoms with van der Waals surface area (Å²) in [4.78, 5) is 11.9. The van der Waals surface area contributed by atoms with Crippen molar-refractivity contribution in [2.45, 2.75) is 90.6 Å². The fourth-order valence-electron chi connectivity index (χ4n) is 2.77. The van der Waals surface area contributed by atoms with Crippen LogP contribution in [0.1, 0.15) is 60.3 Å². The van der Waals surface area contributed by atoms with Crippen molar-refractivity contribution < 1.29 is 18.7 Å². The van der Waals surface area contributed by atoms with Crippen LogP contribution in [0.15, 0.2) is 37.0 Å². The minimum absolute atomic E-state index is 0.0957. The number of carbonyl (C=O) groups excluding carboxylic acids is 1. The Labute approximate surface area is 180 Å². The molecule has 168 valence electrons. The van der Waals surface area contributed by atoms with E-state index in [4.69, 9.17) is 13.9 Å². The Morgan fingerprint density at radius 1 is 1.17 bits per heavy atom. The van der Waals surface area contributed by atoms with Crippen LogP contribution >= 0.6 is 0 Å². The van der Waals surface area contributed by atoms with Gasteiger partial charge in [0.15, 0.2) is 8.32 Å². The largest absolute Gasteiger partial charge is 0.461 e. The van der Waals surface area contributed by atoms with E-state index in [0.717, 1.165) is 24.8 Å². The predicted molar refractivity (Wildman–Crippen MR) is 126 cm³/mol. The number of ether oxygens (including phenoxy) is 2. The van der Waals surface area contributed by atoms with Crippen LogP contribution in [0.3, 0.4) is 0 Å². The lowest BCUT2D eigenvalue weighted by Crippen LogP contribution is -2.49. The van der Waals surface area contributed by atoms with Gasteiger partial charge in [-0.2, -0.15) is 0 Å². The molecule has 0 bridgehead atoms. The lowest BCUT2D eigenvalue weighted by atomic mass is 9.97. The van der Waals surface area contributed by atoms with Gasteiger partial charge in [0.05, 0.1) is 6.10 Å². The number of methoxy groups -OCH3 is 1. The molecule has 29 heavy (non-hydrogen) atoms. The number of hydrogen-bond donors (Lipinski definition) is 0. The molecule has 0 aromatic carbocycles. The summed E-state index contributed by atoms with van der Waals surface area (Å²) in [7, 11) is -0.299.